The predicted molar refractivity (Wildman–Crippen MR) is 117 cm³/mol. The second-order valence-electron chi connectivity index (χ2n) is 7.99. The number of para-hydroxylation sites is 1. The Labute approximate surface area is 170 Å². The summed E-state index contributed by atoms with van der Waals surface area (Å²) in [6, 6.07) is 9.53. The zero-order valence-electron chi connectivity index (χ0n) is 17.4. The smallest absolute Gasteiger partial charge is 0.267 e. The van der Waals surface area contributed by atoms with Crippen molar-refractivity contribution < 1.29 is 4.79 Å². The van der Waals surface area contributed by atoms with Crippen LogP contribution in [0.3, 0.4) is 0 Å². The highest BCUT2D eigenvalue weighted by Gasteiger charge is 2.19. The number of nitrogens with one attached hydrogen (secondary N) is 1. The van der Waals surface area contributed by atoms with Crippen LogP contribution in [0.5, 0.6) is 0 Å². The molecule has 1 amide bonds. The van der Waals surface area contributed by atoms with Crippen LogP contribution in [0.25, 0.3) is 21.8 Å². The van der Waals surface area contributed by atoms with Gasteiger partial charge in [-0.3, -0.25) is 9.59 Å². The van der Waals surface area contributed by atoms with Gasteiger partial charge in [0, 0.05) is 52.2 Å². The van der Waals surface area contributed by atoms with Gasteiger partial charge >= 0.3 is 0 Å². The van der Waals surface area contributed by atoms with Crippen molar-refractivity contribution >= 4 is 27.7 Å². The number of amides is 1. The number of likely N-dealkylation sites (N-methyl/N-ethyl adjacent to an activating group) is 1. The maximum Gasteiger partial charge on any atom is 0.267 e. The SMILES string of the molecule is CN1CCN(CCCNC(=O)c2cc3c(=O)n(C)c4ccccc4c3n2C)CC1. The fourth-order valence-corrected chi connectivity index (χ4v) is 4.23. The van der Waals surface area contributed by atoms with E-state index in [1.807, 2.05) is 35.9 Å². The number of piperazine rings is 1. The van der Waals surface area contributed by atoms with Gasteiger partial charge in [-0.05, 0) is 32.1 Å². The molecule has 0 radical (unpaired) electrons. The highest BCUT2D eigenvalue weighted by Crippen LogP contribution is 2.24. The molecule has 154 valence electrons. The van der Waals surface area contributed by atoms with E-state index in [9.17, 15) is 9.59 Å². The van der Waals surface area contributed by atoms with Gasteiger partial charge < -0.3 is 24.3 Å². The first-order valence-corrected chi connectivity index (χ1v) is 10.2. The standard InChI is InChI=1S/C22H29N5O2/c1-24-11-13-27(14-12-24)10-6-9-23-21(28)19-15-17-20(25(19)2)16-7-4-5-8-18(16)26(3)22(17)29/h4-5,7-8,15H,6,9-14H2,1-3H3,(H,23,28). The summed E-state index contributed by atoms with van der Waals surface area (Å²) in [7, 11) is 5.78. The van der Waals surface area contributed by atoms with Crippen LogP contribution in [0.2, 0.25) is 0 Å². The summed E-state index contributed by atoms with van der Waals surface area (Å²) >= 11 is 0. The highest BCUT2D eigenvalue weighted by molar-refractivity contribution is 6.08. The third kappa shape index (κ3) is 3.68. The minimum Gasteiger partial charge on any atom is -0.351 e. The Morgan fingerprint density at radius 1 is 1.00 bits per heavy atom. The molecule has 29 heavy (non-hydrogen) atoms. The Hall–Kier alpha value is -2.64. The van der Waals surface area contributed by atoms with Gasteiger partial charge in [0.15, 0.2) is 0 Å². The number of carbonyl (C=O) groups is 1. The van der Waals surface area contributed by atoms with Gasteiger partial charge in [0.25, 0.3) is 11.5 Å². The first-order chi connectivity index (χ1) is 14.0. The number of hydrogen-bond donors (Lipinski definition) is 1. The number of carbonyl (C=O) groups excluding carboxylic acids is 1. The highest BCUT2D eigenvalue weighted by atomic mass is 16.2. The molecule has 0 bridgehead atoms. The molecule has 1 aromatic carbocycles. The number of aromatic nitrogens is 2. The molecule has 7 nitrogen and oxygen atoms in total. The van der Waals surface area contributed by atoms with Gasteiger partial charge in [-0.1, -0.05) is 18.2 Å². The maximum absolute atomic E-state index is 12.8. The maximum atomic E-state index is 12.8. The molecule has 2 aromatic heterocycles. The van der Waals surface area contributed by atoms with E-state index in [1.165, 1.54) is 0 Å². The molecule has 1 N–H and O–H groups in total. The van der Waals surface area contributed by atoms with Crippen LogP contribution >= 0.6 is 0 Å². The summed E-state index contributed by atoms with van der Waals surface area (Å²) in [5.74, 6) is -0.131. The summed E-state index contributed by atoms with van der Waals surface area (Å²) in [6.45, 7) is 6.00. The van der Waals surface area contributed by atoms with Crippen LogP contribution in [0.15, 0.2) is 35.1 Å². The van der Waals surface area contributed by atoms with Crippen molar-refractivity contribution in [2.45, 2.75) is 6.42 Å². The lowest BCUT2D eigenvalue weighted by molar-refractivity contribution is 0.0942. The second-order valence-corrected chi connectivity index (χ2v) is 7.99. The van der Waals surface area contributed by atoms with Crippen LogP contribution in [0.4, 0.5) is 0 Å². The van der Waals surface area contributed by atoms with E-state index in [0.29, 0.717) is 17.6 Å². The molecule has 1 fully saturated rings. The fourth-order valence-electron chi connectivity index (χ4n) is 4.23. The lowest BCUT2D eigenvalue weighted by Crippen LogP contribution is -2.45. The molecule has 1 aliphatic heterocycles. The van der Waals surface area contributed by atoms with E-state index < -0.39 is 0 Å². The minimum atomic E-state index is -0.131. The summed E-state index contributed by atoms with van der Waals surface area (Å²) in [6.07, 6.45) is 0.921. The topological polar surface area (TPSA) is 62.5 Å². The Kier molecular flexibility index (Phi) is 5.43. The molecule has 1 saturated heterocycles. The predicted octanol–water partition coefficient (Wildman–Crippen LogP) is 1.40. The van der Waals surface area contributed by atoms with Gasteiger partial charge in [-0.15, -0.1) is 0 Å². The Morgan fingerprint density at radius 2 is 1.72 bits per heavy atom. The van der Waals surface area contributed by atoms with Crippen molar-refractivity contribution in [3.8, 4) is 0 Å². The van der Waals surface area contributed by atoms with Crippen molar-refractivity contribution in [3.05, 3.63) is 46.4 Å². The summed E-state index contributed by atoms with van der Waals surface area (Å²) in [5, 5.41) is 4.58. The van der Waals surface area contributed by atoms with E-state index in [2.05, 4.69) is 22.2 Å². The second kappa shape index (κ2) is 8.00. The number of aryl methyl sites for hydroxylation is 2. The first-order valence-electron chi connectivity index (χ1n) is 10.2. The minimum absolute atomic E-state index is 0.0802. The molecule has 0 unspecified atom stereocenters. The number of fused-ring (bicyclic) bond motifs is 3. The van der Waals surface area contributed by atoms with E-state index in [4.69, 9.17) is 0 Å². The normalized spacial score (nSPS) is 16.0. The molecule has 0 aliphatic carbocycles. The summed E-state index contributed by atoms with van der Waals surface area (Å²) < 4.78 is 3.49. The average Bonchev–Trinajstić information content (AvgIpc) is 3.08. The largest absolute Gasteiger partial charge is 0.351 e. The number of pyridine rings is 1. The fraction of sp³-hybridized carbons (Fsp3) is 0.455. The van der Waals surface area contributed by atoms with Crippen LogP contribution in [0, 0.1) is 0 Å². The van der Waals surface area contributed by atoms with Gasteiger partial charge in [0.05, 0.1) is 16.4 Å². The van der Waals surface area contributed by atoms with Gasteiger partial charge in [0.2, 0.25) is 0 Å². The van der Waals surface area contributed by atoms with Crippen LogP contribution < -0.4 is 10.9 Å². The van der Waals surface area contributed by atoms with E-state index in [-0.39, 0.29) is 11.5 Å². The number of benzene rings is 1. The lowest BCUT2D eigenvalue weighted by atomic mass is 10.1. The molecular formula is C22H29N5O2. The number of hydrogen-bond acceptors (Lipinski definition) is 4. The third-order valence-electron chi connectivity index (χ3n) is 6.05. The summed E-state index contributed by atoms with van der Waals surface area (Å²) in [5.41, 5.74) is 2.12. The third-order valence-corrected chi connectivity index (χ3v) is 6.05. The summed E-state index contributed by atoms with van der Waals surface area (Å²) in [4.78, 5) is 30.4. The quantitative estimate of drug-likeness (QED) is 0.664. The number of rotatable bonds is 5. The molecule has 0 atom stereocenters. The molecule has 1 aliphatic rings. The molecule has 3 heterocycles. The molecule has 4 rings (SSSR count). The van der Waals surface area contributed by atoms with Crippen molar-refractivity contribution in [3.63, 3.8) is 0 Å². The van der Waals surface area contributed by atoms with E-state index in [1.54, 1.807) is 17.7 Å². The van der Waals surface area contributed by atoms with E-state index >= 15 is 0 Å². The Balaban J connectivity index is 1.50. The van der Waals surface area contributed by atoms with Crippen LogP contribution in [-0.2, 0) is 14.1 Å². The number of nitrogens with zero attached hydrogens (tertiary/aromatic N) is 4. The lowest BCUT2D eigenvalue weighted by Gasteiger charge is -2.32. The first kappa shape index (κ1) is 19.7. The van der Waals surface area contributed by atoms with Crippen LogP contribution in [0.1, 0.15) is 16.9 Å². The van der Waals surface area contributed by atoms with Crippen LogP contribution in [-0.4, -0.2) is 71.2 Å². The van der Waals surface area contributed by atoms with Gasteiger partial charge in [-0.25, -0.2) is 0 Å². The van der Waals surface area contributed by atoms with Crippen molar-refractivity contribution in [2.75, 3.05) is 46.3 Å². The molecule has 0 saturated carbocycles. The molecule has 3 aromatic rings. The van der Waals surface area contributed by atoms with Crippen molar-refractivity contribution in [1.29, 1.82) is 0 Å². The monoisotopic (exact) mass is 395 g/mol. The van der Waals surface area contributed by atoms with Crippen molar-refractivity contribution in [1.82, 2.24) is 24.3 Å². The average molecular weight is 396 g/mol. The zero-order chi connectivity index (χ0) is 20.5. The Morgan fingerprint density at radius 3 is 2.48 bits per heavy atom. The van der Waals surface area contributed by atoms with Crippen molar-refractivity contribution in [2.24, 2.45) is 14.1 Å². The molecular weight excluding hydrogens is 366 g/mol. The Bertz CT molecular complexity index is 1110. The van der Waals surface area contributed by atoms with Gasteiger partial charge in [-0.2, -0.15) is 0 Å². The molecule has 7 heteroatoms. The van der Waals surface area contributed by atoms with E-state index in [0.717, 1.165) is 55.6 Å². The molecule has 0 spiro atoms. The zero-order valence-corrected chi connectivity index (χ0v) is 17.4. The van der Waals surface area contributed by atoms with Gasteiger partial charge in [0.1, 0.15) is 5.69 Å².